The Hall–Kier alpha value is -0.0400. The summed E-state index contributed by atoms with van der Waals surface area (Å²) < 4.78 is 0. The molecule has 0 aromatic rings. The van der Waals surface area contributed by atoms with E-state index in [-0.39, 0.29) is 0 Å². The molecule has 0 aliphatic rings. The van der Waals surface area contributed by atoms with Crippen molar-refractivity contribution in [3.05, 3.63) is 0 Å². The van der Waals surface area contributed by atoms with E-state index in [9.17, 15) is 0 Å². The van der Waals surface area contributed by atoms with Crippen LogP contribution in [0.3, 0.4) is 0 Å². The van der Waals surface area contributed by atoms with Crippen LogP contribution in [0.25, 0.3) is 0 Å². The average Bonchev–Trinajstić information content (AvgIpc) is 1.67. The van der Waals surface area contributed by atoms with Crippen LogP contribution in [0.1, 0.15) is 33.6 Å². The van der Waals surface area contributed by atoms with Crippen LogP contribution >= 0.6 is 0 Å². The van der Waals surface area contributed by atoms with Crippen molar-refractivity contribution in [1.82, 2.24) is 0 Å². The summed E-state index contributed by atoms with van der Waals surface area (Å²) in [6.07, 6.45) is 2.51. The van der Waals surface area contributed by atoms with Gasteiger partial charge in [-0.1, -0.05) is 20.3 Å². The van der Waals surface area contributed by atoms with Crippen LogP contribution in [0, 0.1) is 5.92 Å². The molecule has 0 saturated heterocycles. The SMILES string of the molecule is CCC[C@@H](C)[C@H](C)N. The van der Waals surface area contributed by atoms with Gasteiger partial charge in [0.1, 0.15) is 0 Å². The Morgan fingerprint density at radius 2 is 1.88 bits per heavy atom. The van der Waals surface area contributed by atoms with E-state index >= 15 is 0 Å². The average molecular weight is 115 g/mol. The highest BCUT2D eigenvalue weighted by Gasteiger charge is 2.03. The zero-order valence-electron chi connectivity index (χ0n) is 6.15. The van der Waals surface area contributed by atoms with Gasteiger partial charge in [0.2, 0.25) is 0 Å². The van der Waals surface area contributed by atoms with Crippen molar-refractivity contribution in [3.8, 4) is 0 Å². The van der Waals surface area contributed by atoms with Gasteiger partial charge in [0, 0.05) is 6.04 Å². The molecule has 0 heterocycles. The van der Waals surface area contributed by atoms with Gasteiger partial charge < -0.3 is 5.73 Å². The molecule has 8 heavy (non-hydrogen) atoms. The van der Waals surface area contributed by atoms with Gasteiger partial charge in [-0.2, -0.15) is 0 Å². The zero-order valence-corrected chi connectivity index (χ0v) is 6.15. The molecule has 0 unspecified atom stereocenters. The van der Waals surface area contributed by atoms with Crippen molar-refractivity contribution in [3.63, 3.8) is 0 Å². The number of hydrogen-bond donors (Lipinski definition) is 1. The third-order valence-corrected chi connectivity index (χ3v) is 1.64. The molecule has 0 spiro atoms. The Morgan fingerprint density at radius 3 is 2.00 bits per heavy atom. The minimum absolute atomic E-state index is 0.370. The fourth-order valence-corrected chi connectivity index (χ4v) is 0.718. The highest BCUT2D eigenvalue weighted by molar-refractivity contribution is 4.61. The molecule has 2 atom stereocenters. The first-order chi connectivity index (χ1) is 3.68. The van der Waals surface area contributed by atoms with E-state index in [4.69, 9.17) is 5.73 Å². The van der Waals surface area contributed by atoms with Crippen molar-refractivity contribution in [2.24, 2.45) is 11.7 Å². The molecule has 50 valence electrons. The summed E-state index contributed by atoms with van der Waals surface area (Å²) in [5.41, 5.74) is 5.62. The minimum Gasteiger partial charge on any atom is -0.328 e. The molecule has 0 aliphatic heterocycles. The Labute approximate surface area is 52.3 Å². The normalized spacial score (nSPS) is 18.0. The van der Waals surface area contributed by atoms with Gasteiger partial charge in [-0.25, -0.2) is 0 Å². The molecule has 0 rings (SSSR count). The third kappa shape index (κ3) is 3.03. The molecular formula is C7H17N. The second kappa shape index (κ2) is 3.90. The zero-order chi connectivity index (χ0) is 6.57. The molecule has 0 aliphatic carbocycles. The fraction of sp³-hybridized carbons (Fsp3) is 1.00. The van der Waals surface area contributed by atoms with E-state index in [1.165, 1.54) is 12.8 Å². The van der Waals surface area contributed by atoms with Crippen molar-refractivity contribution >= 4 is 0 Å². The lowest BCUT2D eigenvalue weighted by molar-refractivity contribution is 0.446. The largest absolute Gasteiger partial charge is 0.328 e. The van der Waals surface area contributed by atoms with Crippen LogP contribution in [-0.2, 0) is 0 Å². The molecule has 0 bridgehead atoms. The van der Waals surface area contributed by atoms with Gasteiger partial charge in [-0.15, -0.1) is 0 Å². The molecule has 0 saturated carbocycles. The standard InChI is InChI=1S/C7H17N/c1-4-5-6(2)7(3)8/h6-7H,4-5,8H2,1-3H3/t6-,7+/m1/s1. The van der Waals surface area contributed by atoms with E-state index in [1.807, 2.05) is 0 Å². The minimum atomic E-state index is 0.370. The van der Waals surface area contributed by atoms with E-state index < -0.39 is 0 Å². The van der Waals surface area contributed by atoms with E-state index in [0.717, 1.165) is 0 Å². The van der Waals surface area contributed by atoms with Gasteiger partial charge in [-0.05, 0) is 19.3 Å². The molecule has 1 nitrogen and oxygen atoms in total. The van der Waals surface area contributed by atoms with Crippen molar-refractivity contribution < 1.29 is 0 Å². The summed E-state index contributed by atoms with van der Waals surface area (Å²) in [5, 5.41) is 0. The third-order valence-electron chi connectivity index (χ3n) is 1.64. The van der Waals surface area contributed by atoms with Crippen LogP contribution in [0.5, 0.6) is 0 Å². The first-order valence-electron chi connectivity index (χ1n) is 3.44. The Morgan fingerprint density at radius 1 is 1.38 bits per heavy atom. The van der Waals surface area contributed by atoms with E-state index in [1.54, 1.807) is 0 Å². The van der Waals surface area contributed by atoms with Crippen LogP contribution < -0.4 is 5.73 Å². The molecule has 0 aromatic carbocycles. The molecule has 1 heteroatoms. The Bertz CT molecular complexity index is 50.3. The Kier molecular flexibility index (Phi) is 3.88. The quantitative estimate of drug-likeness (QED) is 0.596. The predicted octanol–water partition coefficient (Wildman–Crippen LogP) is 1.77. The van der Waals surface area contributed by atoms with Crippen LogP contribution in [-0.4, -0.2) is 6.04 Å². The van der Waals surface area contributed by atoms with E-state index in [2.05, 4.69) is 20.8 Å². The van der Waals surface area contributed by atoms with Gasteiger partial charge >= 0.3 is 0 Å². The lowest BCUT2D eigenvalue weighted by Crippen LogP contribution is -2.23. The summed E-state index contributed by atoms with van der Waals surface area (Å²) in [4.78, 5) is 0. The maximum Gasteiger partial charge on any atom is 0.00361 e. The smallest absolute Gasteiger partial charge is 0.00361 e. The Balaban J connectivity index is 3.17. The maximum absolute atomic E-state index is 5.62. The van der Waals surface area contributed by atoms with Crippen molar-refractivity contribution in [1.29, 1.82) is 0 Å². The van der Waals surface area contributed by atoms with Gasteiger partial charge in [0.15, 0.2) is 0 Å². The van der Waals surface area contributed by atoms with E-state index in [0.29, 0.717) is 12.0 Å². The number of rotatable bonds is 3. The summed E-state index contributed by atoms with van der Waals surface area (Å²) in [7, 11) is 0. The number of nitrogens with two attached hydrogens (primary N) is 1. The molecular weight excluding hydrogens is 98.1 g/mol. The second-order valence-electron chi connectivity index (χ2n) is 2.63. The summed E-state index contributed by atoms with van der Waals surface area (Å²) in [5.74, 6) is 0.694. The first kappa shape index (κ1) is 7.96. The highest BCUT2D eigenvalue weighted by Crippen LogP contribution is 2.06. The molecule has 0 radical (unpaired) electrons. The topological polar surface area (TPSA) is 26.0 Å². The van der Waals surface area contributed by atoms with Gasteiger partial charge in [0.05, 0.1) is 0 Å². The number of hydrogen-bond acceptors (Lipinski definition) is 1. The van der Waals surface area contributed by atoms with Crippen molar-refractivity contribution in [2.75, 3.05) is 0 Å². The molecule has 0 aromatic heterocycles. The predicted molar refractivity (Wildman–Crippen MR) is 37.7 cm³/mol. The van der Waals surface area contributed by atoms with Crippen molar-refractivity contribution in [2.45, 2.75) is 39.7 Å². The van der Waals surface area contributed by atoms with Crippen LogP contribution in [0.4, 0.5) is 0 Å². The lowest BCUT2D eigenvalue weighted by atomic mass is 9.99. The lowest BCUT2D eigenvalue weighted by Gasteiger charge is -2.12. The fourth-order valence-electron chi connectivity index (χ4n) is 0.718. The molecule has 2 N–H and O–H groups in total. The van der Waals surface area contributed by atoms with Gasteiger partial charge in [-0.3, -0.25) is 0 Å². The van der Waals surface area contributed by atoms with Crippen LogP contribution in [0.15, 0.2) is 0 Å². The molecule has 0 amide bonds. The second-order valence-corrected chi connectivity index (χ2v) is 2.63. The maximum atomic E-state index is 5.62. The van der Waals surface area contributed by atoms with Gasteiger partial charge in [0.25, 0.3) is 0 Å². The van der Waals surface area contributed by atoms with Crippen LogP contribution in [0.2, 0.25) is 0 Å². The first-order valence-corrected chi connectivity index (χ1v) is 3.44. The summed E-state index contributed by atoms with van der Waals surface area (Å²) in [6.45, 7) is 6.47. The summed E-state index contributed by atoms with van der Waals surface area (Å²) in [6, 6.07) is 0.370. The highest BCUT2D eigenvalue weighted by atomic mass is 14.6. The monoisotopic (exact) mass is 115 g/mol. The molecule has 0 fully saturated rings. The summed E-state index contributed by atoms with van der Waals surface area (Å²) >= 11 is 0.